The fraction of sp³-hybridized carbons (Fsp3) is 0.462. The Balaban J connectivity index is 1.35. The number of hydrogen-bond donors (Lipinski definition) is 1. The Bertz CT molecular complexity index is 1460. The number of aromatic nitrogens is 2. The van der Waals surface area contributed by atoms with E-state index >= 15 is 0 Å². The number of anilines is 1. The number of rotatable bonds is 5. The molecule has 3 aliphatic heterocycles. The molecule has 12 heteroatoms. The van der Waals surface area contributed by atoms with Gasteiger partial charge in [-0.3, -0.25) is 9.78 Å². The number of H-pyrrole nitrogens is 1. The van der Waals surface area contributed by atoms with E-state index in [0.717, 1.165) is 5.52 Å². The minimum Gasteiger partial charge on any atom is -0.375 e. The number of carbonyl (C=O) groups is 1. The number of fused-ring (bicyclic) bond motifs is 1. The number of hydrogen-bond acceptors (Lipinski definition) is 6. The van der Waals surface area contributed by atoms with Gasteiger partial charge in [0.05, 0.1) is 40.9 Å². The molecule has 3 saturated heterocycles. The number of benzene rings is 1. The topological polar surface area (TPSA) is 98.8 Å². The first-order valence-electron chi connectivity index (χ1n) is 12.8. The van der Waals surface area contributed by atoms with Crippen LogP contribution in [0.4, 0.5) is 14.5 Å². The van der Waals surface area contributed by atoms with Crippen molar-refractivity contribution in [1.29, 1.82) is 0 Å². The maximum atomic E-state index is 14.1. The molecule has 1 N–H and O–H groups in total. The highest BCUT2D eigenvalue weighted by molar-refractivity contribution is 7.89. The summed E-state index contributed by atoms with van der Waals surface area (Å²) >= 11 is 0. The molecule has 0 aliphatic carbocycles. The van der Waals surface area contributed by atoms with Crippen molar-refractivity contribution in [2.24, 2.45) is 0 Å². The lowest BCUT2D eigenvalue weighted by molar-refractivity contribution is -0.145. The second-order valence-electron chi connectivity index (χ2n) is 10.2. The fourth-order valence-electron chi connectivity index (χ4n) is 5.47. The summed E-state index contributed by atoms with van der Waals surface area (Å²) in [4.78, 5) is 24.0. The van der Waals surface area contributed by atoms with Crippen LogP contribution >= 0.6 is 0 Å². The predicted molar refractivity (Wildman–Crippen MR) is 138 cm³/mol. The minimum absolute atomic E-state index is 0.0154. The van der Waals surface area contributed by atoms with Gasteiger partial charge in [-0.25, -0.2) is 17.2 Å². The van der Waals surface area contributed by atoms with Gasteiger partial charge in [0, 0.05) is 50.0 Å². The van der Waals surface area contributed by atoms with Crippen LogP contribution < -0.4 is 4.90 Å². The van der Waals surface area contributed by atoms with E-state index in [1.54, 1.807) is 34.2 Å². The maximum Gasteiger partial charge on any atom is 0.266 e. The molecule has 0 radical (unpaired) electrons. The average Bonchev–Trinajstić information content (AvgIpc) is 3.45. The van der Waals surface area contributed by atoms with Crippen molar-refractivity contribution in [3.63, 3.8) is 0 Å². The van der Waals surface area contributed by atoms with Crippen LogP contribution in [-0.4, -0.2) is 90.9 Å². The van der Waals surface area contributed by atoms with Gasteiger partial charge in [0.2, 0.25) is 15.9 Å². The molecule has 202 valence electrons. The van der Waals surface area contributed by atoms with Gasteiger partial charge < -0.3 is 19.5 Å². The number of aromatic amines is 1. The number of sulfonamides is 1. The summed E-state index contributed by atoms with van der Waals surface area (Å²) in [6.45, 7) is 3.12. The third kappa shape index (κ3) is 4.44. The summed E-state index contributed by atoms with van der Waals surface area (Å²) < 4.78 is 62.4. The van der Waals surface area contributed by atoms with Gasteiger partial charge in [0.1, 0.15) is 6.04 Å². The normalized spacial score (nSPS) is 24.1. The average molecular weight is 546 g/mol. The molecule has 2 atom stereocenters. The Morgan fingerprint density at radius 2 is 2.03 bits per heavy atom. The number of pyridine rings is 1. The minimum atomic E-state index is -4.01. The van der Waals surface area contributed by atoms with E-state index in [0.29, 0.717) is 48.6 Å². The van der Waals surface area contributed by atoms with Gasteiger partial charge in [-0.1, -0.05) is 0 Å². The molecule has 5 heterocycles. The van der Waals surface area contributed by atoms with E-state index in [1.807, 2.05) is 13.0 Å². The van der Waals surface area contributed by atoms with E-state index in [4.69, 9.17) is 4.74 Å². The van der Waals surface area contributed by atoms with Gasteiger partial charge in [-0.2, -0.15) is 4.31 Å². The third-order valence-corrected chi connectivity index (χ3v) is 9.48. The summed E-state index contributed by atoms with van der Waals surface area (Å²) in [6, 6.07) is 9.20. The Labute approximate surface area is 219 Å². The second-order valence-corrected chi connectivity index (χ2v) is 12.1. The van der Waals surface area contributed by atoms with Crippen LogP contribution in [0, 0.1) is 0 Å². The van der Waals surface area contributed by atoms with E-state index in [-0.39, 0.29) is 36.4 Å². The lowest BCUT2D eigenvalue weighted by Gasteiger charge is -2.42. The largest absolute Gasteiger partial charge is 0.375 e. The summed E-state index contributed by atoms with van der Waals surface area (Å²) in [7, 11) is -4.01. The molecule has 3 aromatic rings. The number of nitrogens with zero attached hydrogens (tertiary/aromatic N) is 4. The molecule has 1 aromatic carbocycles. The first kappa shape index (κ1) is 25.2. The monoisotopic (exact) mass is 545 g/mol. The fourth-order valence-corrected chi connectivity index (χ4v) is 7.13. The number of morpholine rings is 1. The van der Waals surface area contributed by atoms with Crippen molar-refractivity contribution in [2.75, 3.05) is 44.2 Å². The molecule has 38 heavy (non-hydrogen) atoms. The van der Waals surface area contributed by atoms with Crippen molar-refractivity contribution < 1.29 is 26.7 Å². The number of alkyl halides is 2. The molecular weight excluding hydrogens is 516 g/mol. The zero-order valence-electron chi connectivity index (χ0n) is 20.9. The van der Waals surface area contributed by atoms with Gasteiger partial charge in [-0.05, 0) is 49.7 Å². The molecule has 1 amide bonds. The SMILES string of the molecule is CC1CN(C(=O)[C@@H]2CCN2S(=O)(=O)c2ccc(N3CCC(F)(F)C3)c(-c3cc4ncccc4[nH]3)c2)CCO1. The second kappa shape index (κ2) is 9.28. The van der Waals surface area contributed by atoms with Gasteiger partial charge in [0.15, 0.2) is 0 Å². The number of amides is 1. The standard InChI is InChI=1S/C26H29F2N5O4S/c1-17-15-31(11-12-37-17)25(34)24-6-9-33(24)38(35,36)18-4-5-23(32-10-7-26(27,28)16-32)19(13-18)21-14-22-20(30-21)3-2-8-29-22/h2-5,8,13-14,17,24,30H,6-7,9-12,15-16H2,1H3/t17?,24-/m0/s1. The van der Waals surface area contributed by atoms with Crippen LogP contribution in [0.2, 0.25) is 0 Å². The number of halogens is 2. The molecule has 6 rings (SSSR count). The van der Waals surface area contributed by atoms with E-state index in [9.17, 15) is 22.0 Å². The highest BCUT2D eigenvalue weighted by Gasteiger charge is 2.45. The highest BCUT2D eigenvalue weighted by Crippen LogP contribution is 2.40. The Morgan fingerprint density at radius 1 is 1.18 bits per heavy atom. The molecule has 0 spiro atoms. The molecule has 3 fully saturated rings. The number of carbonyl (C=O) groups excluding carboxylic acids is 1. The maximum absolute atomic E-state index is 14.1. The summed E-state index contributed by atoms with van der Waals surface area (Å²) in [5.74, 6) is -3.03. The van der Waals surface area contributed by atoms with E-state index in [1.165, 1.54) is 16.4 Å². The van der Waals surface area contributed by atoms with E-state index in [2.05, 4.69) is 9.97 Å². The lowest BCUT2D eigenvalue weighted by atomic mass is 10.1. The van der Waals surface area contributed by atoms with Crippen molar-refractivity contribution in [2.45, 2.75) is 42.7 Å². The van der Waals surface area contributed by atoms with Crippen molar-refractivity contribution in [3.8, 4) is 11.3 Å². The summed E-state index contributed by atoms with van der Waals surface area (Å²) in [5.41, 5.74) is 3.03. The van der Waals surface area contributed by atoms with Crippen LogP contribution in [0.25, 0.3) is 22.3 Å². The van der Waals surface area contributed by atoms with Crippen LogP contribution in [-0.2, 0) is 19.6 Å². The summed E-state index contributed by atoms with van der Waals surface area (Å²) in [5, 5.41) is 0. The molecule has 0 bridgehead atoms. The van der Waals surface area contributed by atoms with E-state index < -0.39 is 28.5 Å². The van der Waals surface area contributed by atoms with Crippen LogP contribution in [0.15, 0.2) is 47.5 Å². The Hall–Kier alpha value is -3.09. The molecule has 0 saturated carbocycles. The molecule has 3 aliphatic rings. The van der Waals surface area contributed by atoms with Crippen LogP contribution in [0.5, 0.6) is 0 Å². The molecule has 9 nitrogen and oxygen atoms in total. The van der Waals surface area contributed by atoms with Crippen molar-refractivity contribution in [1.82, 2.24) is 19.2 Å². The molecular formula is C26H29F2N5O4S. The van der Waals surface area contributed by atoms with Gasteiger partial charge in [-0.15, -0.1) is 0 Å². The quantitative estimate of drug-likeness (QED) is 0.529. The zero-order valence-corrected chi connectivity index (χ0v) is 21.8. The summed E-state index contributed by atoms with van der Waals surface area (Å²) in [6.07, 6.45) is 1.74. The van der Waals surface area contributed by atoms with Crippen molar-refractivity contribution in [3.05, 3.63) is 42.6 Å². The highest BCUT2D eigenvalue weighted by atomic mass is 32.2. The van der Waals surface area contributed by atoms with Crippen LogP contribution in [0.3, 0.4) is 0 Å². The van der Waals surface area contributed by atoms with Crippen molar-refractivity contribution >= 4 is 32.7 Å². The van der Waals surface area contributed by atoms with Crippen LogP contribution in [0.1, 0.15) is 19.8 Å². The predicted octanol–water partition coefficient (Wildman–Crippen LogP) is 3.09. The lowest BCUT2D eigenvalue weighted by Crippen LogP contribution is -2.60. The molecule has 1 unspecified atom stereocenters. The Kier molecular flexibility index (Phi) is 6.15. The first-order chi connectivity index (χ1) is 18.1. The molecule has 2 aromatic heterocycles. The zero-order chi connectivity index (χ0) is 26.7. The first-order valence-corrected chi connectivity index (χ1v) is 14.2. The third-order valence-electron chi connectivity index (χ3n) is 7.57. The number of nitrogens with one attached hydrogen (secondary N) is 1. The van der Waals surface area contributed by atoms with Gasteiger partial charge >= 0.3 is 0 Å². The Morgan fingerprint density at radius 3 is 2.71 bits per heavy atom. The smallest absolute Gasteiger partial charge is 0.266 e. The number of ether oxygens (including phenoxy) is 1. The van der Waals surface area contributed by atoms with Gasteiger partial charge in [0.25, 0.3) is 5.92 Å².